The smallest absolute Gasteiger partial charge is 0.408 e. The van der Waals surface area contributed by atoms with Gasteiger partial charge in [0, 0.05) is 4.47 Å². The zero-order valence-corrected chi connectivity index (χ0v) is 13.2. The molecule has 0 radical (unpaired) electrons. The Kier molecular flexibility index (Phi) is 5.82. The molecule has 3 N–H and O–H groups in total. The molecule has 5 heteroatoms. The van der Waals surface area contributed by atoms with Crippen LogP contribution >= 0.6 is 15.9 Å². The van der Waals surface area contributed by atoms with Crippen molar-refractivity contribution in [1.29, 1.82) is 0 Å². The van der Waals surface area contributed by atoms with Crippen LogP contribution in [-0.2, 0) is 4.74 Å². The lowest BCUT2D eigenvalue weighted by molar-refractivity contribution is 0.0501. The molecule has 0 spiro atoms. The Bertz CT molecular complexity index is 430. The van der Waals surface area contributed by atoms with Crippen molar-refractivity contribution in [3.8, 4) is 0 Å². The highest BCUT2D eigenvalue weighted by atomic mass is 79.9. The molecule has 106 valence electrons. The Morgan fingerprint density at radius 1 is 1.47 bits per heavy atom. The van der Waals surface area contributed by atoms with Crippen molar-refractivity contribution in [2.45, 2.75) is 38.8 Å². The molecule has 0 aliphatic rings. The first-order valence-electron chi connectivity index (χ1n) is 6.27. The van der Waals surface area contributed by atoms with Crippen LogP contribution in [0.15, 0.2) is 28.7 Å². The zero-order valence-electron chi connectivity index (χ0n) is 11.6. The first-order valence-corrected chi connectivity index (χ1v) is 7.06. The molecule has 0 aromatic heterocycles. The second-order valence-corrected chi connectivity index (χ2v) is 6.25. The number of carbonyl (C=O) groups excluding carboxylic acids is 1. The third-order valence-electron chi connectivity index (χ3n) is 2.40. The Morgan fingerprint density at radius 3 is 2.68 bits per heavy atom. The van der Waals surface area contributed by atoms with Crippen molar-refractivity contribution >= 4 is 22.0 Å². The second kappa shape index (κ2) is 6.91. The Labute approximate surface area is 122 Å². The number of amides is 1. The van der Waals surface area contributed by atoms with Gasteiger partial charge in [-0.2, -0.15) is 0 Å². The van der Waals surface area contributed by atoms with Crippen LogP contribution in [-0.4, -0.2) is 18.2 Å². The van der Waals surface area contributed by atoms with E-state index in [1.165, 1.54) is 0 Å². The predicted octanol–water partition coefficient (Wildman–Crippen LogP) is 3.36. The fourth-order valence-corrected chi connectivity index (χ4v) is 2.08. The van der Waals surface area contributed by atoms with Gasteiger partial charge < -0.3 is 15.8 Å². The van der Waals surface area contributed by atoms with E-state index in [4.69, 9.17) is 10.5 Å². The molecular weight excluding hydrogens is 308 g/mol. The van der Waals surface area contributed by atoms with Crippen molar-refractivity contribution in [2.75, 3.05) is 6.54 Å². The average Bonchev–Trinajstić information content (AvgIpc) is 2.26. The number of hydrogen-bond donors (Lipinski definition) is 2. The predicted molar refractivity (Wildman–Crippen MR) is 79.9 cm³/mol. The molecule has 0 aliphatic carbocycles. The summed E-state index contributed by atoms with van der Waals surface area (Å²) in [5.74, 6) is 0. The van der Waals surface area contributed by atoms with Gasteiger partial charge in [-0.1, -0.05) is 28.1 Å². The third kappa shape index (κ3) is 6.07. The van der Waals surface area contributed by atoms with E-state index in [1.54, 1.807) is 0 Å². The molecule has 0 fully saturated rings. The van der Waals surface area contributed by atoms with Gasteiger partial charge in [-0.15, -0.1) is 0 Å². The summed E-state index contributed by atoms with van der Waals surface area (Å²) in [6.45, 7) is 6.00. The van der Waals surface area contributed by atoms with Crippen LogP contribution in [0.1, 0.15) is 38.8 Å². The van der Waals surface area contributed by atoms with Crippen LogP contribution in [0.2, 0.25) is 0 Å². The highest BCUT2D eigenvalue weighted by Crippen LogP contribution is 2.21. The molecule has 1 rings (SSSR count). The first-order chi connectivity index (χ1) is 8.81. The second-order valence-electron chi connectivity index (χ2n) is 5.33. The fraction of sp³-hybridized carbons (Fsp3) is 0.500. The number of hydrogen-bond acceptors (Lipinski definition) is 3. The third-order valence-corrected chi connectivity index (χ3v) is 2.89. The number of ether oxygens (including phenoxy) is 1. The molecule has 1 aromatic carbocycles. The van der Waals surface area contributed by atoms with Gasteiger partial charge in [-0.25, -0.2) is 4.79 Å². The average molecular weight is 329 g/mol. The molecule has 0 bridgehead atoms. The number of alkyl carbamates (subject to hydrolysis) is 1. The van der Waals surface area contributed by atoms with Crippen LogP contribution in [0.5, 0.6) is 0 Å². The van der Waals surface area contributed by atoms with E-state index < -0.39 is 11.7 Å². The molecule has 0 saturated heterocycles. The van der Waals surface area contributed by atoms with Crippen LogP contribution in [0.4, 0.5) is 4.79 Å². The van der Waals surface area contributed by atoms with Gasteiger partial charge in [0.05, 0.1) is 6.04 Å². The SMILES string of the molecule is CC(C)(C)OC(=O)NC(CCN)c1cccc(Br)c1. The monoisotopic (exact) mass is 328 g/mol. The topological polar surface area (TPSA) is 64.3 Å². The molecule has 4 nitrogen and oxygen atoms in total. The van der Waals surface area contributed by atoms with Gasteiger partial charge in [-0.05, 0) is 51.4 Å². The van der Waals surface area contributed by atoms with Gasteiger partial charge in [0.2, 0.25) is 0 Å². The molecule has 1 atom stereocenters. The molecule has 19 heavy (non-hydrogen) atoms. The highest BCUT2D eigenvalue weighted by Gasteiger charge is 2.20. The molecule has 1 aromatic rings. The quantitative estimate of drug-likeness (QED) is 0.890. The van der Waals surface area contributed by atoms with Gasteiger partial charge in [0.1, 0.15) is 5.60 Å². The summed E-state index contributed by atoms with van der Waals surface area (Å²) in [6, 6.07) is 7.66. The number of halogens is 1. The van der Waals surface area contributed by atoms with E-state index in [9.17, 15) is 4.79 Å². The molecule has 1 amide bonds. The lowest BCUT2D eigenvalue weighted by atomic mass is 10.0. The summed E-state index contributed by atoms with van der Waals surface area (Å²) in [5, 5.41) is 2.86. The van der Waals surface area contributed by atoms with Crippen LogP contribution in [0.25, 0.3) is 0 Å². The number of nitrogens with one attached hydrogen (secondary N) is 1. The fourth-order valence-electron chi connectivity index (χ4n) is 1.66. The summed E-state index contributed by atoms with van der Waals surface area (Å²) in [6.07, 6.45) is 0.237. The summed E-state index contributed by atoms with van der Waals surface area (Å²) in [7, 11) is 0. The number of rotatable bonds is 4. The summed E-state index contributed by atoms with van der Waals surface area (Å²) in [4.78, 5) is 11.8. The Hall–Kier alpha value is -1.07. The van der Waals surface area contributed by atoms with E-state index in [0.717, 1.165) is 10.0 Å². The molecule has 1 unspecified atom stereocenters. The van der Waals surface area contributed by atoms with Gasteiger partial charge in [0.25, 0.3) is 0 Å². The Morgan fingerprint density at radius 2 is 2.16 bits per heavy atom. The lowest BCUT2D eigenvalue weighted by Crippen LogP contribution is -2.35. The van der Waals surface area contributed by atoms with Crippen LogP contribution < -0.4 is 11.1 Å². The maximum absolute atomic E-state index is 11.8. The maximum Gasteiger partial charge on any atom is 0.408 e. The number of nitrogens with two attached hydrogens (primary N) is 1. The van der Waals surface area contributed by atoms with Gasteiger partial charge in [0.15, 0.2) is 0 Å². The molecule has 0 heterocycles. The van der Waals surface area contributed by atoms with E-state index in [-0.39, 0.29) is 6.04 Å². The van der Waals surface area contributed by atoms with E-state index in [0.29, 0.717) is 13.0 Å². The normalized spacial score (nSPS) is 12.9. The summed E-state index contributed by atoms with van der Waals surface area (Å²) >= 11 is 3.42. The first kappa shape index (κ1) is 16.0. The minimum Gasteiger partial charge on any atom is -0.444 e. The van der Waals surface area contributed by atoms with Gasteiger partial charge in [-0.3, -0.25) is 0 Å². The molecular formula is C14H21BrN2O2. The molecule has 0 saturated carbocycles. The van der Waals surface area contributed by atoms with Crippen molar-refractivity contribution in [1.82, 2.24) is 5.32 Å². The van der Waals surface area contributed by atoms with Crippen molar-refractivity contribution < 1.29 is 9.53 Å². The Balaban J connectivity index is 2.76. The van der Waals surface area contributed by atoms with Crippen LogP contribution in [0.3, 0.4) is 0 Å². The van der Waals surface area contributed by atoms with Crippen LogP contribution in [0, 0.1) is 0 Å². The minimum atomic E-state index is -0.505. The number of benzene rings is 1. The van der Waals surface area contributed by atoms with E-state index in [2.05, 4.69) is 21.2 Å². The highest BCUT2D eigenvalue weighted by molar-refractivity contribution is 9.10. The van der Waals surface area contributed by atoms with Crippen molar-refractivity contribution in [3.05, 3.63) is 34.3 Å². The minimum absolute atomic E-state index is 0.141. The summed E-state index contributed by atoms with van der Waals surface area (Å²) < 4.78 is 6.23. The van der Waals surface area contributed by atoms with E-state index in [1.807, 2.05) is 45.0 Å². The lowest BCUT2D eigenvalue weighted by Gasteiger charge is -2.23. The summed E-state index contributed by atoms with van der Waals surface area (Å²) in [5.41, 5.74) is 6.10. The van der Waals surface area contributed by atoms with Crippen molar-refractivity contribution in [2.24, 2.45) is 5.73 Å². The van der Waals surface area contributed by atoms with E-state index >= 15 is 0 Å². The van der Waals surface area contributed by atoms with Gasteiger partial charge >= 0.3 is 6.09 Å². The maximum atomic E-state index is 11.8. The zero-order chi connectivity index (χ0) is 14.5. The molecule has 0 aliphatic heterocycles. The largest absolute Gasteiger partial charge is 0.444 e. The number of carbonyl (C=O) groups is 1. The standard InChI is InChI=1S/C14H21BrN2O2/c1-14(2,3)19-13(18)17-12(7-8-16)10-5-4-6-11(15)9-10/h4-6,9,12H,7-8,16H2,1-3H3,(H,17,18). The van der Waals surface area contributed by atoms with Crippen molar-refractivity contribution in [3.63, 3.8) is 0 Å².